The molecule has 0 aliphatic rings. The molecule has 0 atom stereocenters. The number of non-ortho nitro benzene ring substituents is 1. The van der Waals surface area contributed by atoms with E-state index >= 15 is 0 Å². The molecular formula is C14H10N4O3. The van der Waals surface area contributed by atoms with E-state index in [0.29, 0.717) is 5.69 Å². The van der Waals surface area contributed by atoms with Crippen LogP contribution < -0.4 is 5.32 Å². The van der Waals surface area contributed by atoms with E-state index in [-0.39, 0.29) is 17.3 Å². The number of amides is 1. The number of carbonyl (C=O) groups excluding carboxylic acids is 1. The van der Waals surface area contributed by atoms with Gasteiger partial charge in [0.25, 0.3) is 11.6 Å². The van der Waals surface area contributed by atoms with Crippen LogP contribution in [-0.4, -0.2) is 21.0 Å². The maximum Gasteiger partial charge on any atom is 0.276 e. The number of anilines is 1. The largest absolute Gasteiger partial charge is 0.321 e. The van der Waals surface area contributed by atoms with Crippen LogP contribution in [0.1, 0.15) is 10.5 Å². The minimum absolute atomic E-state index is 0.0294. The topological polar surface area (TPSA) is 101 Å². The highest BCUT2D eigenvalue weighted by Crippen LogP contribution is 2.19. The van der Waals surface area contributed by atoms with Crippen LogP contribution in [0.5, 0.6) is 0 Å². The van der Waals surface area contributed by atoms with Crippen molar-refractivity contribution in [2.75, 3.05) is 5.32 Å². The van der Waals surface area contributed by atoms with Crippen LogP contribution in [0.15, 0.2) is 48.5 Å². The van der Waals surface area contributed by atoms with Gasteiger partial charge in [-0.3, -0.25) is 20.0 Å². The summed E-state index contributed by atoms with van der Waals surface area (Å²) in [6.45, 7) is 0. The zero-order valence-electron chi connectivity index (χ0n) is 10.7. The van der Waals surface area contributed by atoms with Gasteiger partial charge >= 0.3 is 0 Å². The van der Waals surface area contributed by atoms with Gasteiger partial charge in [-0.1, -0.05) is 18.2 Å². The Morgan fingerprint density at radius 3 is 2.57 bits per heavy atom. The summed E-state index contributed by atoms with van der Waals surface area (Å²) in [4.78, 5) is 22.3. The molecule has 3 rings (SSSR count). The van der Waals surface area contributed by atoms with E-state index in [2.05, 4.69) is 15.5 Å². The SMILES string of the molecule is O=C(Nc1ccc([N+](=O)[O-])cc1)c1n[nH]c2ccccc12. The van der Waals surface area contributed by atoms with E-state index in [1.165, 1.54) is 24.3 Å². The first kappa shape index (κ1) is 12.8. The van der Waals surface area contributed by atoms with E-state index < -0.39 is 4.92 Å². The molecule has 0 aliphatic heterocycles. The predicted octanol–water partition coefficient (Wildman–Crippen LogP) is 2.72. The number of aromatic nitrogens is 2. The number of nitro benzene ring substituents is 1. The van der Waals surface area contributed by atoms with Gasteiger partial charge in [0, 0.05) is 23.2 Å². The highest BCUT2D eigenvalue weighted by molar-refractivity contribution is 6.11. The Hall–Kier alpha value is -3.22. The van der Waals surface area contributed by atoms with E-state index in [0.717, 1.165) is 10.9 Å². The summed E-state index contributed by atoms with van der Waals surface area (Å²) in [6.07, 6.45) is 0. The molecule has 1 aromatic heterocycles. The minimum atomic E-state index is -0.493. The lowest BCUT2D eigenvalue weighted by molar-refractivity contribution is -0.384. The van der Waals surface area contributed by atoms with E-state index in [1.54, 1.807) is 6.07 Å². The van der Waals surface area contributed by atoms with Crippen molar-refractivity contribution in [3.8, 4) is 0 Å². The summed E-state index contributed by atoms with van der Waals surface area (Å²) in [5.41, 5.74) is 1.49. The lowest BCUT2D eigenvalue weighted by Crippen LogP contribution is -2.12. The Kier molecular flexibility index (Phi) is 3.07. The van der Waals surface area contributed by atoms with Crippen LogP contribution in [0, 0.1) is 10.1 Å². The molecular weight excluding hydrogens is 272 g/mol. The van der Waals surface area contributed by atoms with Crippen LogP contribution in [0.4, 0.5) is 11.4 Å². The molecule has 1 heterocycles. The predicted molar refractivity (Wildman–Crippen MR) is 77.1 cm³/mol. The van der Waals surface area contributed by atoms with Gasteiger partial charge in [0.05, 0.1) is 10.4 Å². The zero-order valence-corrected chi connectivity index (χ0v) is 10.7. The van der Waals surface area contributed by atoms with Crippen molar-refractivity contribution >= 4 is 28.2 Å². The van der Waals surface area contributed by atoms with Crippen LogP contribution >= 0.6 is 0 Å². The number of hydrogen-bond acceptors (Lipinski definition) is 4. The van der Waals surface area contributed by atoms with Crippen LogP contribution in [0.2, 0.25) is 0 Å². The van der Waals surface area contributed by atoms with E-state index in [9.17, 15) is 14.9 Å². The second-order valence-corrected chi connectivity index (χ2v) is 4.38. The Morgan fingerprint density at radius 2 is 1.86 bits per heavy atom. The molecule has 0 radical (unpaired) electrons. The van der Waals surface area contributed by atoms with Crippen molar-refractivity contribution in [3.05, 3.63) is 64.3 Å². The van der Waals surface area contributed by atoms with E-state index in [4.69, 9.17) is 0 Å². The molecule has 0 saturated carbocycles. The lowest BCUT2D eigenvalue weighted by atomic mass is 10.2. The van der Waals surface area contributed by atoms with Crippen LogP contribution in [0.3, 0.4) is 0 Å². The molecule has 0 aliphatic carbocycles. The fraction of sp³-hybridized carbons (Fsp3) is 0. The number of nitrogens with zero attached hydrogens (tertiary/aromatic N) is 2. The molecule has 0 unspecified atom stereocenters. The summed E-state index contributed by atoms with van der Waals surface area (Å²) in [6, 6.07) is 12.9. The number of para-hydroxylation sites is 1. The van der Waals surface area contributed by atoms with E-state index in [1.807, 2.05) is 18.2 Å². The van der Waals surface area contributed by atoms with Crippen molar-refractivity contribution in [2.45, 2.75) is 0 Å². The fourth-order valence-electron chi connectivity index (χ4n) is 1.99. The van der Waals surface area contributed by atoms with Crippen molar-refractivity contribution in [1.29, 1.82) is 0 Å². The number of hydrogen-bond donors (Lipinski definition) is 2. The average Bonchev–Trinajstić information content (AvgIpc) is 2.92. The second kappa shape index (κ2) is 5.04. The minimum Gasteiger partial charge on any atom is -0.321 e. The standard InChI is InChI=1S/C14H10N4O3/c19-14(13-11-3-1-2-4-12(11)16-17-13)15-9-5-7-10(8-6-9)18(20)21/h1-8H,(H,15,19)(H,16,17). The molecule has 0 saturated heterocycles. The first-order chi connectivity index (χ1) is 10.1. The summed E-state index contributed by atoms with van der Waals surface area (Å²) in [5.74, 6) is -0.374. The third-order valence-corrected chi connectivity index (χ3v) is 3.02. The third kappa shape index (κ3) is 2.44. The molecule has 7 nitrogen and oxygen atoms in total. The summed E-state index contributed by atoms with van der Waals surface area (Å²) in [5, 5.41) is 20.7. The number of benzene rings is 2. The molecule has 2 aromatic carbocycles. The molecule has 0 spiro atoms. The molecule has 21 heavy (non-hydrogen) atoms. The molecule has 7 heteroatoms. The Balaban J connectivity index is 1.84. The summed E-state index contributed by atoms with van der Waals surface area (Å²) in [7, 11) is 0. The quantitative estimate of drug-likeness (QED) is 0.569. The Bertz CT molecular complexity index is 824. The summed E-state index contributed by atoms with van der Waals surface area (Å²) < 4.78 is 0. The highest BCUT2D eigenvalue weighted by atomic mass is 16.6. The smallest absolute Gasteiger partial charge is 0.276 e. The first-order valence-electron chi connectivity index (χ1n) is 6.14. The van der Waals surface area contributed by atoms with Crippen molar-refractivity contribution in [3.63, 3.8) is 0 Å². The number of H-pyrrole nitrogens is 1. The maximum atomic E-state index is 12.2. The van der Waals surface area contributed by atoms with Crippen LogP contribution in [-0.2, 0) is 0 Å². The first-order valence-corrected chi connectivity index (χ1v) is 6.14. The zero-order chi connectivity index (χ0) is 14.8. The van der Waals surface area contributed by atoms with Gasteiger partial charge in [0.1, 0.15) is 0 Å². The lowest BCUT2D eigenvalue weighted by Gasteiger charge is -2.03. The number of aromatic amines is 1. The monoisotopic (exact) mass is 282 g/mol. The van der Waals surface area contributed by atoms with Gasteiger partial charge < -0.3 is 5.32 Å². The molecule has 3 aromatic rings. The Morgan fingerprint density at radius 1 is 1.14 bits per heavy atom. The molecule has 0 fully saturated rings. The maximum absolute atomic E-state index is 12.2. The number of carbonyl (C=O) groups is 1. The van der Waals surface area contributed by atoms with Gasteiger partial charge in [-0.05, 0) is 18.2 Å². The molecule has 2 N–H and O–H groups in total. The van der Waals surface area contributed by atoms with Crippen molar-refractivity contribution in [2.24, 2.45) is 0 Å². The summed E-state index contributed by atoms with van der Waals surface area (Å²) >= 11 is 0. The highest BCUT2D eigenvalue weighted by Gasteiger charge is 2.14. The van der Waals surface area contributed by atoms with Crippen molar-refractivity contribution in [1.82, 2.24) is 10.2 Å². The van der Waals surface area contributed by atoms with Gasteiger partial charge in [-0.25, -0.2) is 0 Å². The molecule has 0 bridgehead atoms. The number of nitrogens with one attached hydrogen (secondary N) is 2. The normalized spacial score (nSPS) is 10.5. The average molecular weight is 282 g/mol. The van der Waals surface area contributed by atoms with Gasteiger partial charge in [-0.2, -0.15) is 5.10 Å². The number of fused-ring (bicyclic) bond motifs is 1. The second-order valence-electron chi connectivity index (χ2n) is 4.38. The van der Waals surface area contributed by atoms with Gasteiger partial charge in [0.15, 0.2) is 5.69 Å². The van der Waals surface area contributed by atoms with Gasteiger partial charge in [-0.15, -0.1) is 0 Å². The van der Waals surface area contributed by atoms with Gasteiger partial charge in [0.2, 0.25) is 0 Å². The molecule has 1 amide bonds. The van der Waals surface area contributed by atoms with Crippen molar-refractivity contribution < 1.29 is 9.72 Å². The number of rotatable bonds is 3. The molecule has 104 valence electrons. The van der Waals surface area contributed by atoms with Crippen LogP contribution in [0.25, 0.3) is 10.9 Å². The third-order valence-electron chi connectivity index (χ3n) is 3.02. The number of nitro groups is 1. The fourth-order valence-corrected chi connectivity index (χ4v) is 1.99. The Labute approximate surface area is 118 Å².